The largest absolute Gasteiger partial charge is 0.316 e. The maximum atomic E-state index is 13.3. The second kappa shape index (κ2) is 8.57. The van der Waals surface area contributed by atoms with Gasteiger partial charge in [0.1, 0.15) is 11.5 Å². The number of para-hydroxylation sites is 1. The van der Waals surface area contributed by atoms with Gasteiger partial charge >= 0.3 is 0 Å². The summed E-state index contributed by atoms with van der Waals surface area (Å²) in [6.07, 6.45) is 1.69. The van der Waals surface area contributed by atoms with Crippen LogP contribution in [0.15, 0.2) is 76.9 Å². The lowest BCUT2D eigenvalue weighted by Gasteiger charge is -2.08. The predicted molar refractivity (Wildman–Crippen MR) is 123 cm³/mol. The summed E-state index contributed by atoms with van der Waals surface area (Å²) in [4.78, 5) is 27.1. The number of halogens is 1. The van der Waals surface area contributed by atoms with E-state index < -0.39 is 5.91 Å². The van der Waals surface area contributed by atoms with Crippen molar-refractivity contribution in [3.63, 3.8) is 0 Å². The Kier molecular flexibility index (Phi) is 5.68. The third-order valence-corrected chi connectivity index (χ3v) is 5.91. The third kappa shape index (κ3) is 4.13. The molecule has 0 spiro atoms. The van der Waals surface area contributed by atoms with E-state index in [-0.39, 0.29) is 17.1 Å². The van der Waals surface area contributed by atoms with Crippen LogP contribution in [0.4, 0.5) is 10.1 Å². The highest BCUT2D eigenvalue weighted by atomic mass is 32.1. The number of thiophene rings is 1. The fourth-order valence-corrected chi connectivity index (χ4v) is 4.04. The van der Waals surface area contributed by atoms with E-state index in [1.165, 1.54) is 28.2 Å². The molecule has 0 atom stereocenters. The van der Waals surface area contributed by atoms with Crippen LogP contribution < -0.4 is 10.9 Å². The molecule has 156 valence electrons. The Balaban J connectivity index is 1.73. The molecule has 0 saturated carbocycles. The number of nitrogens with zero attached hydrogens (tertiary/aromatic N) is 2. The van der Waals surface area contributed by atoms with E-state index in [2.05, 4.69) is 5.32 Å². The number of nitrogens with one attached hydrogen (secondary N) is 1. The summed E-state index contributed by atoms with van der Waals surface area (Å²) in [5.41, 5.74) is 2.33. The molecular weight excluding hydrogens is 413 g/mol. The maximum absolute atomic E-state index is 13.3. The first-order valence-corrected chi connectivity index (χ1v) is 10.5. The number of anilines is 1. The van der Waals surface area contributed by atoms with Crippen LogP contribution in [0.5, 0.6) is 0 Å². The van der Waals surface area contributed by atoms with E-state index in [0.29, 0.717) is 22.5 Å². The molecule has 5 nitrogen and oxygen atoms in total. The van der Waals surface area contributed by atoms with E-state index >= 15 is 0 Å². The summed E-state index contributed by atoms with van der Waals surface area (Å²) in [6.45, 7) is 1.78. The number of hydrogen-bond donors (Lipinski definition) is 1. The molecular formula is C24H20FN3O2S. The first-order chi connectivity index (χ1) is 15.0. The van der Waals surface area contributed by atoms with E-state index in [4.69, 9.17) is 0 Å². The van der Waals surface area contributed by atoms with Gasteiger partial charge in [-0.3, -0.25) is 14.3 Å². The fourth-order valence-electron chi connectivity index (χ4n) is 3.30. The number of amides is 1. The topological polar surface area (TPSA) is 56.0 Å². The van der Waals surface area contributed by atoms with Crippen LogP contribution >= 0.6 is 11.3 Å². The van der Waals surface area contributed by atoms with Crippen molar-refractivity contribution in [2.75, 3.05) is 5.32 Å². The maximum Gasteiger partial charge on any atom is 0.295 e. The zero-order valence-electron chi connectivity index (χ0n) is 17.0. The van der Waals surface area contributed by atoms with Gasteiger partial charge in [0.05, 0.1) is 17.0 Å². The molecule has 0 aliphatic rings. The lowest BCUT2D eigenvalue weighted by atomic mass is 10.1. The molecule has 0 bridgehead atoms. The van der Waals surface area contributed by atoms with Gasteiger partial charge in [-0.15, -0.1) is 11.3 Å². The lowest BCUT2D eigenvalue weighted by Crippen LogP contribution is -2.23. The minimum Gasteiger partial charge on any atom is -0.316 e. The van der Waals surface area contributed by atoms with Crippen molar-refractivity contribution in [3.8, 4) is 5.69 Å². The van der Waals surface area contributed by atoms with E-state index in [0.717, 1.165) is 4.88 Å². The van der Waals surface area contributed by atoms with Crippen molar-refractivity contribution >= 4 is 34.6 Å². The Morgan fingerprint density at radius 3 is 2.39 bits per heavy atom. The molecule has 2 aromatic heterocycles. The summed E-state index contributed by atoms with van der Waals surface area (Å²) in [5, 5.41) is 4.67. The van der Waals surface area contributed by atoms with Crippen LogP contribution in [0.1, 0.15) is 16.1 Å². The average molecular weight is 434 g/mol. The molecule has 0 fully saturated rings. The molecule has 7 heteroatoms. The van der Waals surface area contributed by atoms with Crippen LogP contribution in [-0.2, 0) is 11.8 Å². The van der Waals surface area contributed by atoms with Gasteiger partial charge in [-0.2, -0.15) is 0 Å². The SMILES string of the molecule is Cc1c(NC(=O)/C(=C/c2ccc(F)cc2)c2cccs2)c(=O)n(-c2ccccc2)n1C. The van der Waals surface area contributed by atoms with Crippen molar-refractivity contribution in [3.05, 3.63) is 104 Å². The third-order valence-electron chi connectivity index (χ3n) is 5.01. The molecule has 0 aliphatic carbocycles. The zero-order valence-corrected chi connectivity index (χ0v) is 17.8. The zero-order chi connectivity index (χ0) is 22.0. The summed E-state index contributed by atoms with van der Waals surface area (Å²) < 4.78 is 16.5. The second-order valence-corrected chi connectivity index (χ2v) is 7.93. The highest BCUT2D eigenvalue weighted by Gasteiger charge is 2.21. The Morgan fingerprint density at radius 2 is 1.74 bits per heavy atom. The Bertz CT molecular complexity index is 1300. The second-order valence-electron chi connectivity index (χ2n) is 6.98. The molecule has 1 amide bonds. The van der Waals surface area contributed by atoms with Crippen LogP contribution in [-0.4, -0.2) is 15.3 Å². The van der Waals surface area contributed by atoms with Gasteiger partial charge in [-0.05, 0) is 54.3 Å². The number of carbonyl (C=O) groups is 1. The lowest BCUT2D eigenvalue weighted by molar-refractivity contribution is -0.111. The number of carbonyl (C=O) groups excluding carboxylic acids is 1. The molecule has 4 aromatic rings. The van der Waals surface area contributed by atoms with Crippen molar-refractivity contribution in [2.24, 2.45) is 7.05 Å². The number of benzene rings is 2. The van der Waals surface area contributed by atoms with Gasteiger partial charge in [0, 0.05) is 11.9 Å². The van der Waals surface area contributed by atoms with Gasteiger partial charge in [0.2, 0.25) is 0 Å². The van der Waals surface area contributed by atoms with E-state index in [9.17, 15) is 14.0 Å². The van der Waals surface area contributed by atoms with Crippen LogP contribution in [0.25, 0.3) is 17.3 Å². The minimum absolute atomic E-state index is 0.220. The van der Waals surface area contributed by atoms with E-state index in [1.807, 2.05) is 47.8 Å². The Hall–Kier alpha value is -3.71. The molecule has 4 rings (SSSR count). The van der Waals surface area contributed by atoms with Gasteiger partial charge < -0.3 is 5.32 Å². The summed E-state index contributed by atoms with van der Waals surface area (Å²) in [7, 11) is 1.77. The predicted octanol–water partition coefficient (Wildman–Crippen LogP) is 4.86. The molecule has 31 heavy (non-hydrogen) atoms. The number of aromatic nitrogens is 2. The van der Waals surface area contributed by atoms with Gasteiger partial charge in [0.25, 0.3) is 11.5 Å². The number of hydrogen-bond acceptors (Lipinski definition) is 3. The number of rotatable bonds is 5. The monoisotopic (exact) mass is 433 g/mol. The molecule has 1 N–H and O–H groups in total. The minimum atomic E-state index is -0.405. The molecule has 0 unspecified atom stereocenters. The first kappa shape index (κ1) is 20.6. The molecule has 0 aliphatic heterocycles. The van der Waals surface area contributed by atoms with Crippen LogP contribution in [0, 0.1) is 12.7 Å². The molecule has 2 aromatic carbocycles. The molecule has 2 heterocycles. The van der Waals surface area contributed by atoms with Crippen molar-refractivity contribution in [2.45, 2.75) is 6.92 Å². The standard InChI is InChI=1S/C24H20FN3O2S/c1-16-22(24(30)28(27(16)2)19-7-4-3-5-8-19)26-23(29)20(21-9-6-14-31-21)15-17-10-12-18(25)13-11-17/h3-15H,1-2H3,(H,26,29)/b20-15+. The smallest absolute Gasteiger partial charge is 0.295 e. The normalized spacial score (nSPS) is 11.5. The molecule has 0 saturated heterocycles. The van der Waals surface area contributed by atoms with E-state index in [1.54, 1.807) is 36.9 Å². The Morgan fingerprint density at radius 1 is 1.03 bits per heavy atom. The first-order valence-electron chi connectivity index (χ1n) is 9.62. The van der Waals surface area contributed by atoms with Crippen molar-refractivity contribution in [1.82, 2.24) is 9.36 Å². The summed E-state index contributed by atoms with van der Waals surface area (Å²) in [5.74, 6) is -0.751. The van der Waals surface area contributed by atoms with Gasteiger partial charge in [-0.25, -0.2) is 9.07 Å². The van der Waals surface area contributed by atoms with Gasteiger partial charge in [0.15, 0.2) is 0 Å². The fraction of sp³-hybridized carbons (Fsp3) is 0.0833. The quantitative estimate of drug-likeness (QED) is 0.457. The highest BCUT2D eigenvalue weighted by molar-refractivity contribution is 7.11. The van der Waals surface area contributed by atoms with Crippen molar-refractivity contribution in [1.29, 1.82) is 0 Å². The highest BCUT2D eigenvalue weighted by Crippen LogP contribution is 2.25. The van der Waals surface area contributed by atoms with Gasteiger partial charge in [-0.1, -0.05) is 36.4 Å². The van der Waals surface area contributed by atoms with Crippen molar-refractivity contribution < 1.29 is 9.18 Å². The average Bonchev–Trinajstić information content (AvgIpc) is 3.37. The molecule has 0 radical (unpaired) electrons. The Labute approximate surface area is 182 Å². The summed E-state index contributed by atoms with van der Waals surface area (Å²) >= 11 is 1.41. The summed E-state index contributed by atoms with van der Waals surface area (Å²) in [6, 6.07) is 18.8. The van der Waals surface area contributed by atoms with Crippen LogP contribution in [0.2, 0.25) is 0 Å². The van der Waals surface area contributed by atoms with Crippen LogP contribution in [0.3, 0.4) is 0 Å².